The third-order valence-corrected chi connectivity index (χ3v) is 6.59. The van der Waals surface area contributed by atoms with Crippen molar-refractivity contribution in [2.75, 3.05) is 26.9 Å². The smallest absolute Gasteiger partial charge is 0.224 e. The van der Waals surface area contributed by atoms with Crippen molar-refractivity contribution in [3.8, 4) is 5.75 Å². The molecule has 28 heavy (non-hydrogen) atoms. The summed E-state index contributed by atoms with van der Waals surface area (Å²) in [5.41, 5.74) is 6.79. The molecule has 1 saturated carbocycles. The fraction of sp³-hybridized carbons (Fsp3) is 0.667. The van der Waals surface area contributed by atoms with Crippen molar-refractivity contribution in [2.24, 2.45) is 11.7 Å². The Hall–Kier alpha value is -1.01. The third-order valence-electron chi connectivity index (χ3n) is 6.35. The fourth-order valence-electron chi connectivity index (χ4n) is 4.57. The van der Waals surface area contributed by atoms with E-state index in [0.717, 1.165) is 49.8 Å². The molecule has 2 atom stereocenters. The molecule has 3 rings (SSSR count). The largest absolute Gasteiger partial charge is 0.496 e. The molecule has 5 nitrogen and oxygen atoms in total. The molecule has 1 aliphatic carbocycles. The van der Waals surface area contributed by atoms with E-state index in [1.807, 2.05) is 25.1 Å². The molecule has 1 saturated heterocycles. The molecule has 2 unspecified atom stereocenters. The van der Waals surface area contributed by atoms with Crippen LogP contribution in [0.3, 0.4) is 0 Å². The molecule has 0 aromatic heterocycles. The lowest BCUT2D eigenvalue weighted by Crippen LogP contribution is -2.54. The van der Waals surface area contributed by atoms with Crippen LogP contribution >= 0.6 is 24.0 Å². The van der Waals surface area contributed by atoms with E-state index in [2.05, 4.69) is 5.32 Å². The van der Waals surface area contributed by atoms with Crippen LogP contribution in [0.2, 0.25) is 5.02 Å². The van der Waals surface area contributed by atoms with Crippen LogP contribution < -0.4 is 15.8 Å². The van der Waals surface area contributed by atoms with Gasteiger partial charge in [0.2, 0.25) is 5.91 Å². The van der Waals surface area contributed by atoms with Gasteiger partial charge < -0.3 is 20.5 Å². The maximum atomic E-state index is 13.0. The van der Waals surface area contributed by atoms with Crippen molar-refractivity contribution in [3.05, 3.63) is 28.8 Å². The van der Waals surface area contributed by atoms with Crippen LogP contribution in [0.5, 0.6) is 5.75 Å². The number of nitrogens with two attached hydrogens (primary N) is 1. The average Bonchev–Trinajstić information content (AvgIpc) is 2.66. The summed E-state index contributed by atoms with van der Waals surface area (Å²) < 4.78 is 11.2. The lowest BCUT2D eigenvalue weighted by molar-refractivity contribution is -0.128. The number of rotatable bonds is 5. The van der Waals surface area contributed by atoms with Crippen LogP contribution in [0.25, 0.3) is 0 Å². The number of benzene rings is 1. The number of nitrogens with one attached hydrogen (secondary N) is 1. The highest BCUT2D eigenvalue weighted by molar-refractivity contribution is 6.30. The van der Waals surface area contributed by atoms with E-state index >= 15 is 0 Å². The zero-order valence-corrected chi connectivity index (χ0v) is 18.3. The second-order valence-corrected chi connectivity index (χ2v) is 8.70. The van der Waals surface area contributed by atoms with E-state index in [1.54, 1.807) is 7.11 Å². The van der Waals surface area contributed by atoms with Crippen molar-refractivity contribution in [1.29, 1.82) is 0 Å². The van der Waals surface area contributed by atoms with Gasteiger partial charge in [-0.05, 0) is 50.8 Å². The first-order valence-electron chi connectivity index (χ1n) is 9.86. The highest BCUT2D eigenvalue weighted by atomic mass is 35.5. The summed E-state index contributed by atoms with van der Waals surface area (Å²) in [6.45, 7) is 3.85. The quantitative estimate of drug-likeness (QED) is 0.743. The predicted molar refractivity (Wildman–Crippen MR) is 115 cm³/mol. The van der Waals surface area contributed by atoms with E-state index < -0.39 is 5.54 Å². The minimum absolute atomic E-state index is 0. The molecule has 3 N–H and O–H groups in total. The molecule has 1 heterocycles. The van der Waals surface area contributed by atoms with Crippen molar-refractivity contribution >= 4 is 29.9 Å². The van der Waals surface area contributed by atoms with E-state index in [0.29, 0.717) is 24.8 Å². The summed E-state index contributed by atoms with van der Waals surface area (Å²) in [6.07, 6.45) is 5.54. The van der Waals surface area contributed by atoms with Gasteiger partial charge in [0, 0.05) is 41.3 Å². The van der Waals surface area contributed by atoms with Crippen molar-refractivity contribution < 1.29 is 14.3 Å². The van der Waals surface area contributed by atoms with Crippen LogP contribution in [0, 0.1) is 5.92 Å². The van der Waals surface area contributed by atoms with Gasteiger partial charge in [-0.15, -0.1) is 12.4 Å². The number of carbonyl (C=O) groups is 1. The first-order valence-corrected chi connectivity index (χ1v) is 10.2. The van der Waals surface area contributed by atoms with Crippen LogP contribution in [-0.4, -0.2) is 38.3 Å². The molecule has 158 valence electrons. The zero-order chi connectivity index (χ0) is 19.5. The monoisotopic (exact) mass is 430 g/mol. The van der Waals surface area contributed by atoms with Gasteiger partial charge in [-0.2, -0.15) is 0 Å². The highest BCUT2D eigenvalue weighted by Crippen LogP contribution is 2.41. The molecule has 0 bridgehead atoms. The molecule has 2 aliphatic rings. The number of carbonyl (C=O) groups excluding carboxylic acids is 1. The first-order chi connectivity index (χ1) is 12.9. The molecule has 2 fully saturated rings. The second kappa shape index (κ2) is 9.66. The standard InChI is InChI=1S/C21H31ClN2O3.ClH/c1-20(23)8-4-3-5-16(20)19(25)24-14-21(9-11-27-12-10-21)17-13-15(22)6-7-18(17)26-2;/h6-7,13,16H,3-5,8-12,14,23H2,1-2H3,(H,24,25);1H. The SMILES string of the molecule is COc1ccc(Cl)cc1C1(CNC(=O)C2CCCCC2(C)N)CCOCC1.Cl. The summed E-state index contributed by atoms with van der Waals surface area (Å²) >= 11 is 6.29. The van der Waals surface area contributed by atoms with E-state index in [-0.39, 0.29) is 29.6 Å². The Kier molecular flexibility index (Phi) is 8.03. The Balaban J connectivity index is 0.00000280. The summed E-state index contributed by atoms with van der Waals surface area (Å²) in [5, 5.41) is 3.89. The first kappa shape index (κ1) is 23.3. The van der Waals surface area contributed by atoms with Crippen LogP contribution in [0.15, 0.2) is 18.2 Å². The molecule has 7 heteroatoms. The summed E-state index contributed by atoms with van der Waals surface area (Å²) in [5.74, 6) is 0.729. The number of hydrogen-bond donors (Lipinski definition) is 2. The molecule has 0 radical (unpaired) electrons. The van der Waals surface area contributed by atoms with Gasteiger partial charge >= 0.3 is 0 Å². The normalized spacial score (nSPS) is 26.8. The number of methoxy groups -OCH3 is 1. The lowest BCUT2D eigenvalue weighted by Gasteiger charge is -2.41. The Bertz CT molecular complexity index is 676. The van der Waals surface area contributed by atoms with Crippen molar-refractivity contribution in [1.82, 2.24) is 5.32 Å². The van der Waals surface area contributed by atoms with Crippen molar-refractivity contribution in [2.45, 2.75) is 56.4 Å². The van der Waals surface area contributed by atoms with Crippen LogP contribution in [-0.2, 0) is 14.9 Å². The Labute approximate surface area is 179 Å². The maximum Gasteiger partial charge on any atom is 0.224 e. The molecule has 1 aromatic carbocycles. The number of ether oxygens (including phenoxy) is 2. The number of halogens is 2. The van der Waals surface area contributed by atoms with Crippen LogP contribution in [0.1, 0.15) is 51.0 Å². The molecule has 1 aliphatic heterocycles. The molecular weight excluding hydrogens is 399 g/mol. The molecular formula is C21H32Cl2N2O3. The predicted octanol–water partition coefficient (Wildman–Crippen LogP) is 3.84. The third kappa shape index (κ3) is 4.93. The molecule has 1 amide bonds. The Morgan fingerprint density at radius 2 is 2.04 bits per heavy atom. The molecule has 1 aromatic rings. The minimum atomic E-state index is -0.432. The Morgan fingerprint density at radius 1 is 1.32 bits per heavy atom. The van der Waals surface area contributed by atoms with Gasteiger partial charge in [0.15, 0.2) is 0 Å². The summed E-state index contributed by atoms with van der Waals surface area (Å²) in [4.78, 5) is 13.0. The van der Waals surface area contributed by atoms with E-state index in [4.69, 9.17) is 26.8 Å². The summed E-state index contributed by atoms with van der Waals surface area (Å²) in [6, 6.07) is 5.69. The fourth-order valence-corrected chi connectivity index (χ4v) is 4.74. The van der Waals surface area contributed by atoms with Gasteiger partial charge in [-0.25, -0.2) is 0 Å². The Morgan fingerprint density at radius 3 is 2.68 bits per heavy atom. The number of hydrogen-bond acceptors (Lipinski definition) is 4. The van der Waals surface area contributed by atoms with Gasteiger partial charge in [-0.1, -0.05) is 24.4 Å². The topological polar surface area (TPSA) is 73.6 Å². The maximum absolute atomic E-state index is 13.0. The lowest BCUT2D eigenvalue weighted by atomic mass is 9.72. The second-order valence-electron chi connectivity index (χ2n) is 8.26. The van der Waals surface area contributed by atoms with Gasteiger partial charge in [0.1, 0.15) is 5.75 Å². The van der Waals surface area contributed by atoms with Crippen LogP contribution in [0.4, 0.5) is 0 Å². The number of amides is 1. The van der Waals surface area contributed by atoms with Crippen molar-refractivity contribution in [3.63, 3.8) is 0 Å². The van der Waals surface area contributed by atoms with E-state index in [1.165, 1.54) is 0 Å². The molecule has 0 spiro atoms. The minimum Gasteiger partial charge on any atom is -0.496 e. The van der Waals surface area contributed by atoms with E-state index in [9.17, 15) is 4.79 Å². The zero-order valence-electron chi connectivity index (χ0n) is 16.8. The highest BCUT2D eigenvalue weighted by Gasteiger charge is 2.41. The summed E-state index contributed by atoms with van der Waals surface area (Å²) in [7, 11) is 1.67. The van der Waals surface area contributed by atoms with Gasteiger partial charge in [0.05, 0.1) is 13.0 Å². The average molecular weight is 431 g/mol. The van der Waals surface area contributed by atoms with Gasteiger partial charge in [0.25, 0.3) is 0 Å². The van der Waals surface area contributed by atoms with Gasteiger partial charge in [-0.3, -0.25) is 4.79 Å².